The fourth-order valence-corrected chi connectivity index (χ4v) is 1.91. The first-order valence-corrected chi connectivity index (χ1v) is 7.29. The molecule has 118 valence electrons. The average molecular weight is 335 g/mol. The number of hydrogen-bond donors (Lipinski definition) is 1. The van der Waals surface area contributed by atoms with Crippen molar-refractivity contribution < 1.29 is 14.3 Å². The van der Waals surface area contributed by atoms with Crippen LogP contribution in [0.25, 0.3) is 0 Å². The maximum Gasteiger partial charge on any atom is 0.317 e. The van der Waals surface area contributed by atoms with Gasteiger partial charge in [-0.25, -0.2) is 4.79 Å². The Hall–Kier alpha value is -1.01. The number of methoxy groups -OCH3 is 1. The number of urea groups is 1. The van der Waals surface area contributed by atoms with E-state index in [9.17, 15) is 4.79 Å². The van der Waals surface area contributed by atoms with Gasteiger partial charge in [0, 0.05) is 27.2 Å². The third-order valence-electron chi connectivity index (χ3n) is 2.70. The number of carbonyl (C=O) groups is 1. The Balaban J connectivity index is 2.29. The van der Waals surface area contributed by atoms with Crippen LogP contribution < -0.4 is 5.32 Å². The van der Waals surface area contributed by atoms with Crippen molar-refractivity contribution >= 4 is 29.2 Å². The molecule has 0 spiro atoms. The summed E-state index contributed by atoms with van der Waals surface area (Å²) in [5.41, 5.74) is 0.915. The van der Waals surface area contributed by atoms with Crippen molar-refractivity contribution in [3.63, 3.8) is 0 Å². The Morgan fingerprint density at radius 2 is 2.00 bits per heavy atom. The number of amides is 2. The van der Waals surface area contributed by atoms with Gasteiger partial charge in [0.05, 0.1) is 29.9 Å². The first-order valence-electron chi connectivity index (χ1n) is 6.54. The smallest absolute Gasteiger partial charge is 0.317 e. The standard InChI is InChI=1S/C14H20Cl2N2O3/c1-18(10-11-3-4-12(15)13(16)9-11)14(19)17-5-6-21-8-7-20-2/h3-4,9H,5-8,10H2,1-2H3,(H,17,19). The van der Waals surface area contributed by atoms with E-state index in [2.05, 4.69) is 5.32 Å². The van der Waals surface area contributed by atoms with E-state index >= 15 is 0 Å². The number of halogens is 2. The lowest BCUT2D eigenvalue weighted by atomic mass is 10.2. The molecule has 0 bridgehead atoms. The van der Waals surface area contributed by atoms with Crippen LogP contribution in [-0.2, 0) is 16.0 Å². The highest BCUT2D eigenvalue weighted by atomic mass is 35.5. The fourth-order valence-electron chi connectivity index (χ4n) is 1.59. The van der Waals surface area contributed by atoms with E-state index in [0.29, 0.717) is 43.0 Å². The second-order valence-corrected chi connectivity index (χ2v) is 5.26. The minimum atomic E-state index is -0.170. The quantitative estimate of drug-likeness (QED) is 0.743. The van der Waals surface area contributed by atoms with Crippen LogP contribution in [0.15, 0.2) is 18.2 Å². The number of benzene rings is 1. The summed E-state index contributed by atoms with van der Waals surface area (Å²) in [6.07, 6.45) is 0. The molecule has 0 aromatic heterocycles. The topological polar surface area (TPSA) is 50.8 Å². The van der Waals surface area contributed by atoms with Gasteiger partial charge >= 0.3 is 6.03 Å². The van der Waals surface area contributed by atoms with Gasteiger partial charge in [-0.1, -0.05) is 29.3 Å². The molecule has 21 heavy (non-hydrogen) atoms. The van der Waals surface area contributed by atoms with Gasteiger partial charge in [-0.05, 0) is 17.7 Å². The van der Waals surface area contributed by atoms with Crippen molar-refractivity contribution in [1.29, 1.82) is 0 Å². The molecule has 0 unspecified atom stereocenters. The Labute approximate surface area is 135 Å². The van der Waals surface area contributed by atoms with Gasteiger partial charge in [-0.3, -0.25) is 0 Å². The van der Waals surface area contributed by atoms with Crippen molar-refractivity contribution in [3.8, 4) is 0 Å². The Bertz CT molecular complexity index is 458. The van der Waals surface area contributed by atoms with Crippen LogP contribution in [0.4, 0.5) is 4.79 Å². The molecule has 0 aliphatic rings. The molecule has 0 aliphatic carbocycles. The van der Waals surface area contributed by atoms with Crippen LogP contribution in [0.2, 0.25) is 10.0 Å². The van der Waals surface area contributed by atoms with Crippen LogP contribution in [-0.4, -0.2) is 51.5 Å². The molecule has 0 atom stereocenters. The normalized spacial score (nSPS) is 10.5. The number of hydrogen-bond acceptors (Lipinski definition) is 3. The van der Waals surface area contributed by atoms with Crippen LogP contribution in [0.5, 0.6) is 0 Å². The van der Waals surface area contributed by atoms with E-state index in [-0.39, 0.29) is 6.03 Å². The molecule has 0 radical (unpaired) electrons. The van der Waals surface area contributed by atoms with Gasteiger partial charge in [0.1, 0.15) is 0 Å². The van der Waals surface area contributed by atoms with E-state index in [1.807, 2.05) is 6.07 Å². The van der Waals surface area contributed by atoms with Crippen LogP contribution in [0.3, 0.4) is 0 Å². The Morgan fingerprint density at radius 1 is 1.24 bits per heavy atom. The van der Waals surface area contributed by atoms with E-state index in [4.69, 9.17) is 32.7 Å². The van der Waals surface area contributed by atoms with Crippen LogP contribution in [0.1, 0.15) is 5.56 Å². The molecule has 0 saturated carbocycles. The lowest BCUT2D eigenvalue weighted by Crippen LogP contribution is -2.38. The molecule has 1 aromatic rings. The molecular formula is C14H20Cl2N2O3. The molecule has 0 fully saturated rings. The van der Waals surface area contributed by atoms with Crippen molar-refractivity contribution in [2.75, 3.05) is 40.5 Å². The molecule has 1 rings (SSSR count). The number of nitrogens with zero attached hydrogens (tertiary/aromatic N) is 1. The van der Waals surface area contributed by atoms with Crippen molar-refractivity contribution in [2.24, 2.45) is 0 Å². The highest BCUT2D eigenvalue weighted by molar-refractivity contribution is 6.42. The lowest BCUT2D eigenvalue weighted by molar-refractivity contribution is 0.0721. The average Bonchev–Trinajstić information content (AvgIpc) is 2.46. The minimum Gasteiger partial charge on any atom is -0.382 e. The summed E-state index contributed by atoms with van der Waals surface area (Å²) in [6, 6.07) is 5.14. The van der Waals surface area contributed by atoms with Crippen molar-refractivity contribution in [3.05, 3.63) is 33.8 Å². The summed E-state index contributed by atoms with van der Waals surface area (Å²) in [7, 11) is 3.33. The van der Waals surface area contributed by atoms with Crippen LogP contribution in [0, 0.1) is 0 Å². The maximum absolute atomic E-state index is 11.9. The van der Waals surface area contributed by atoms with E-state index in [1.165, 1.54) is 0 Å². The number of rotatable bonds is 8. The summed E-state index contributed by atoms with van der Waals surface area (Å²) in [4.78, 5) is 13.4. The third kappa shape index (κ3) is 7.00. The molecular weight excluding hydrogens is 315 g/mol. The highest BCUT2D eigenvalue weighted by Crippen LogP contribution is 2.23. The largest absolute Gasteiger partial charge is 0.382 e. The zero-order chi connectivity index (χ0) is 15.7. The minimum absolute atomic E-state index is 0.170. The molecule has 0 saturated heterocycles. The first kappa shape index (κ1) is 18.0. The fraction of sp³-hybridized carbons (Fsp3) is 0.500. The lowest BCUT2D eigenvalue weighted by Gasteiger charge is -2.18. The van der Waals surface area contributed by atoms with Gasteiger partial charge in [-0.2, -0.15) is 0 Å². The van der Waals surface area contributed by atoms with E-state index in [0.717, 1.165) is 5.56 Å². The molecule has 7 heteroatoms. The van der Waals surface area contributed by atoms with Crippen molar-refractivity contribution in [1.82, 2.24) is 10.2 Å². The summed E-state index contributed by atoms with van der Waals surface area (Å²) in [6.45, 7) is 2.42. The summed E-state index contributed by atoms with van der Waals surface area (Å²) < 4.78 is 10.1. The second kappa shape index (κ2) is 9.84. The Kier molecular flexibility index (Phi) is 8.45. The summed E-state index contributed by atoms with van der Waals surface area (Å²) in [5, 5.41) is 3.75. The Morgan fingerprint density at radius 3 is 2.67 bits per heavy atom. The van der Waals surface area contributed by atoms with Gasteiger partial charge in [0.25, 0.3) is 0 Å². The number of nitrogens with one attached hydrogen (secondary N) is 1. The monoisotopic (exact) mass is 334 g/mol. The predicted octanol–water partition coefficient (Wildman–Crippen LogP) is 2.80. The van der Waals surface area contributed by atoms with Gasteiger partial charge in [-0.15, -0.1) is 0 Å². The van der Waals surface area contributed by atoms with Crippen LogP contribution >= 0.6 is 23.2 Å². The molecule has 2 amide bonds. The molecule has 0 aliphatic heterocycles. The number of carbonyl (C=O) groups excluding carboxylic acids is 1. The summed E-state index contributed by atoms with van der Waals surface area (Å²) >= 11 is 11.8. The van der Waals surface area contributed by atoms with Gasteiger partial charge in [0.2, 0.25) is 0 Å². The maximum atomic E-state index is 11.9. The summed E-state index contributed by atoms with van der Waals surface area (Å²) in [5.74, 6) is 0. The molecule has 1 aromatic carbocycles. The SMILES string of the molecule is COCCOCCNC(=O)N(C)Cc1ccc(Cl)c(Cl)c1. The highest BCUT2D eigenvalue weighted by Gasteiger charge is 2.09. The molecule has 0 heterocycles. The number of ether oxygens (including phenoxy) is 2. The van der Waals surface area contributed by atoms with Crippen molar-refractivity contribution in [2.45, 2.75) is 6.54 Å². The van der Waals surface area contributed by atoms with E-state index in [1.54, 1.807) is 31.2 Å². The second-order valence-electron chi connectivity index (χ2n) is 4.44. The van der Waals surface area contributed by atoms with Gasteiger partial charge < -0.3 is 19.7 Å². The molecule has 1 N–H and O–H groups in total. The molecule has 5 nitrogen and oxygen atoms in total. The third-order valence-corrected chi connectivity index (χ3v) is 3.44. The zero-order valence-electron chi connectivity index (χ0n) is 12.2. The van der Waals surface area contributed by atoms with Gasteiger partial charge in [0.15, 0.2) is 0 Å². The zero-order valence-corrected chi connectivity index (χ0v) is 13.7. The predicted molar refractivity (Wildman–Crippen MR) is 84.0 cm³/mol. The van der Waals surface area contributed by atoms with E-state index < -0.39 is 0 Å². The first-order chi connectivity index (χ1) is 10.0.